The number of nitrogens with one attached hydrogen (secondary N) is 2. The molecule has 2 aromatic carbocycles. The maximum atomic E-state index is 12.5. The SMILES string of the molecule is CCc1cccc(C)c1NC(=O)c1cnc(NCc2ccccc2C)cn1. The van der Waals surface area contributed by atoms with Crippen LogP contribution >= 0.6 is 0 Å². The third-order valence-electron chi connectivity index (χ3n) is 4.58. The van der Waals surface area contributed by atoms with Gasteiger partial charge in [0, 0.05) is 12.2 Å². The Labute approximate surface area is 159 Å². The van der Waals surface area contributed by atoms with Crippen molar-refractivity contribution in [1.82, 2.24) is 9.97 Å². The van der Waals surface area contributed by atoms with Crippen LogP contribution in [0.25, 0.3) is 0 Å². The highest BCUT2D eigenvalue weighted by Gasteiger charge is 2.12. The molecular formula is C22H24N4O. The smallest absolute Gasteiger partial charge is 0.275 e. The van der Waals surface area contributed by atoms with E-state index in [1.54, 1.807) is 6.20 Å². The molecule has 3 aromatic rings. The van der Waals surface area contributed by atoms with E-state index in [1.807, 2.05) is 37.3 Å². The zero-order valence-corrected chi connectivity index (χ0v) is 15.9. The van der Waals surface area contributed by atoms with Gasteiger partial charge in [-0.3, -0.25) is 4.79 Å². The molecule has 0 aliphatic heterocycles. The first kappa shape index (κ1) is 18.6. The predicted octanol–water partition coefficient (Wildman–Crippen LogP) is 4.52. The van der Waals surface area contributed by atoms with Crippen molar-refractivity contribution >= 4 is 17.4 Å². The van der Waals surface area contributed by atoms with Crippen LogP contribution in [0.15, 0.2) is 54.9 Å². The zero-order chi connectivity index (χ0) is 19.2. The Bertz CT molecular complexity index is 935. The van der Waals surface area contributed by atoms with E-state index < -0.39 is 0 Å². The van der Waals surface area contributed by atoms with Gasteiger partial charge in [0.2, 0.25) is 0 Å². The van der Waals surface area contributed by atoms with Gasteiger partial charge in [0.25, 0.3) is 5.91 Å². The molecule has 0 fully saturated rings. The number of nitrogens with zero attached hydrogens (tertiary/aromatic N) is 2. The molecule has 0 unspecified atom stereocenters. The van der Waals surface area contributed by atoms with E-state index in [-0.39, 0.29) is 5.91 Å². The molecule has 2 N–H and O–H groups in total. The molecule has 0 saturated carbocycles. The van der Waals surface area contributed by atoms with Crippen molar-refractivity contribution in [2.75, 3.05) is 10.6 Å². The lowest BCUT2D eigenvalue weighted by Crippen LogP contribution is -2.16. The molecule has 0 saturated heterocycles. The molecule has 27 heavy (non-hydrogen) atoms. The third kappa shape index (κ3) is 4.50. The molecule has 1 aromatic heterocycles. The second-order valence-electron chi connectivity index (χ2n) is 6.48. The van der Waals surface area contributed by atoms with Crippen LogP contribution in [-0.2, 0) is 13.0 Å². The molecule has 5 heteroatoms. The van der Waals surface area contributed by atoms with Crippen LogP contribution in [-0.4, -0.2) is 15.9 Å². The minimum absolute atomic E-state index is 0.253. The van der Waals surface area contributed by atoms with Crippen molar-refractivity contribution in [3.63, 3.8) is 0 Å². The van der Waals surface area contributed by atoms with Gasteiger partial charge in [-0.05, 0) is 42.5 Å². The second-order valence-corrected chi connectivity index (χ2v) is 6.48. The number of amides is 1. The highest BCUT2D eigenvalue weighted by Crippen LogP contribution is 2.21. The number of carbonyl (C=O) groups is 1. The number of aryl methyl sites for hydroxylation is 3. The van der Waals surface area contributed by atoms with Crippen LogP contribution < -0.4 is 10.6 Å². The molecule has 0 spiro atoms. The van der Waals surface area contributed by atoms with E-state index >= 15 is 0 Å². The first-order chi connectivity index (χ1) is 13.1. The topological polar surface area (TPSA) is 66.9 Å². The summed E-state index contributed by atoms with van der Waals surface area (Å²) in [7, 11) is 0. The van der Waals surface area contributed by atoms with Crippen LogP contribution in [0.2, 0.25) is 0 Å². The highest BCUT2D eigenvalue weighted by molar-refractivity contribution is 6.03. The number of para-hydroxylation sites is 1. The van der Waals surface area contributed by atoms with Crippen molar-refractivity contribution in [1.29, 1.82) is 0 Å². The first-order valence-corrected chi connectivity index (χ1v) is 9.08. The van der Waals surface area contributed by atoms with Crippen LogP contribution in [0.5, 0.6) is 0 Å². The number of benzene rings is 2. The van der Waals surface area contributed by atoms with E-state index in [4.69, 9.17) is 0 Å². The molecule has 0 bridgehead atoms. The second kappa shape index (κ2) is 8.45. The van der Waals surface area contributed by atoms with Gasteiger partial charge in [-0.1, -0.05) is 49.4 Å². The van der Waals surface area contributed by atoms with E-state index in [9.17, 15) is 4.79 Å². The molecule has 0 radical (unpaired) electrons. The van der Waals surface area contributed by atoms with Crippen LogP contribution in [0.1, 0.15) is 39.7 Å². The fourth-order valence-corrected chi connectivity index (χ4v) is 2.91. The summed E-state index contributed by atoms with van der Waals surface area (Å²) in [5.74, 6) is 0.386. The van der Waals surface area contributed by atoms with Crippen LogP contribution in [0, 0.1) is 13.8 Å². The molecular weight excluding hydrogens is 336 g/mol. The largest absolute Gasteiger partial charge is 0.365 e. The Morgan fingerprint density at radius 1 is 0.926 bits per heavy atom. The van der Waals surface area contributed by atoms with Gasteiger partial charge in [-0.2, -0.15) is 0 Å². The summed E-state index contributed by atoms with van der Waals surface area (Å²) in [6, 6.07) is 14.2. The average molecular weight is 360 g/mol. The summed E-state index contributed by atoms with van der Waals surface area (Å²) in [5.41, 5.74) is 5.71. The predicted molar refractivity (Wildman–Crippen MR) is 109 cm³/mol. The third-order valence-corrected chi connectivity index (χ3v) is 4.58. The Hall–Kier alpha value is -3.21. The van der Waals surface area contributed by atoms with E-state index in [0.29, 0.717) is 18.1 Å². The lowest BCUT2D eigenvalue weighted by molar-refractivity contribution is 0.102. The van der Waals surface area contributed by atoms with Crippen molar-refractivity contribution < 1.29 is 4.79 Å². The number of hydrogen-bond acceptors (Lipinski definition) is 4. The molecule has 1 heterocycles. The van der Waals surface area contributed by atoms with Gasteiger partial charge in [-0.25, -0.2) is 9.97 Å². The first-order valence-electron chi connectivity index (χ1n) is 9.08. The van der Waals surface area contributed by atoms with E-state index in [2.05, 4.69) is 46.6 Å². The average Bonchev–Trinajstić information content (AvgIpc) is 2.69. The molecule has 0 aliphatic rings. The lowest BCUT2D eigenvalue weighted by Gasteiger charge is -2.13. The van der Waals surface area contributed by atoms with Gasteiger partial charge in [0.05, 0.1) is 12.4 Å². The number of hydrogen-bond donors (Lipinski definition) is 2. The monoisotopic (exact) mass is 360 g/mol. The minimum atomic E-state index is -0.253. The molecule has 138 valence electrons. The summed E-state index contributed by atoms with van der Waals surface area (Å²) in [6.07, 6.45) is 3.94. The normalized spacial score (nSPS) is 10.5. The number of carbonyl (C=O) groups excluding carboxylic acids is 1. The summed E-state index contributed by atoms with van der Waals surface area (Å²) in [4.78, 5) is 21.1. The van der Waals surface area contributed by atoms with E-state index in [1.165, 1.54) is 17.3 Å². The van der Waals surface area contributed by atoms with Crippen molar-refractivity contribution in [2.24, 2.45) is 0 Å². The summed E-state index contributed by atoms with van der Waals surface area (Å²) in [6.45, 7) is 6.79. The fraction of sp³-hybridized carbons (Fsp3) is 0.227. The quantitative estimate of drug-likeness (QED) is 0.678. The Morgan fingerprint density at radius 2 is 1.67 bits per heavy atom. The van der Waals surface area contributed by atoms with Gasteiger partial charge in [-0.15, -0.1) is 0 Å². The summed E-state index contributed by atoms with van der Waals surface area (Å²) in [5, 5.41) is 6.21. The molecule has 0 atom stereocenters. The minimum Gasteiger partial charge on any atom is -0.365 e. The molecule has 5 nitrogen and oxygen atoms in total. The van der Waals surface area contributed by atoms with Crippen molar-refractivity contribution in [2.45, 2.75) is 33.7 Å². The fourth-order valence-electron chi connectivity index (χ4n) is 2.91. The van der Waals surface area contributed by atoms with Gasteiger partial charge >= 0.3 is 0 Å². The summed E-state index contributed by atoms with van der Waals surface area (Å²) >= 11 is 0. The highest BCUT2D eigenvalue weighted by atomic mass is 16.1. The van der Waals surface area contributed by atoms with Gasteiger partial charge < -0.3 is 10.6 Å². The molecule has 0 aliphatic carbocycles. The van der Waals surface area contributed by atoms with Crippen molar-refractivity contribution in [3.05, 3.63) is 82.8 Å². The Balaban J connectivity index is 1.67. The molecule has 3 rings (SSSR count). The van der Waals surface area contributed by atoms with E-state index in [0.717, 1.165) is 23.2 Å². The van der Waals surface area contributed by atoms with Crippen LogP contribution in [0.4, 0.5) is 11.5 Å². The number of rotatable bonds is 6. The van der Waals surface area contributed by atoms with Gasteiger partial charge in [0.15, 0.2) is 0 Å². The standard InChI is InChI=1S/C22H24N4O/c1-4-17-11-7-9-16(3)21(17)26-22(27)19-13-25-20(14-23-19)24-12-18-10-6-5-8-15(18)2/h5-11,13-14H,4,12H2,1-3H3,(H,24,25)(H,26,27). The molecule has 1 amide bonds. The van der Waals surface area contributed by atoms with Crippen molar-refractivity contribution in [3.8, 4) is 0 Å². The number of anilines is 2. The zero-order valence-electron chi connectivity index (χ0n) is 15.9. The summed E-state index contributed by atoms with van der Waals surface area (Å²) < 4.78 is 0. The Kier molecular flexibility index (Phi) is 5.81. The van der Waals surface area contributed by atoms with Gasteiger partial charge in [0.1, 0.15) is 11.5 Å². The Morgan fingerprint density at radius 3 is 2.37 bits per heavy atom. The maximum Gasteiger partial charge on any atom is 0.275 e. The lowest BCUT2D eigenvalue weighted by atomic mass is 10.1. The van der Waals surface area contributed by atoms with Crippen LogP contribution in [0.3, 0.4) is 0 Å². The maximum absolute atomic E-state index is 12.5. The number of aromatic nitrogens is 2.